The number of carboxylic acid groups (broad SMARTS) is 1. The molecule has 1 heterocycles. The summed E-state index contributed by atoms with van der Waals surface area (Å²) in [5.74, 6) is -0.513. The van der Waals surface area contributed by atoms with Gasteiger partial charge in [0, 0.05) is 0 Å². The summed E-state index contributed by atoms with van der Waals surface area (Å²) in [6.07, 6.45) is 1.01. The van der Waals surface area contributed by atoms with Gasteiger partial charge < -0.3 is 10.4 Å². The summed E-state index contributed by atoms with van der Waals surface area (Å²) >= 11 is 0. The van der Waals surface area contributed by atoms with Crippen molar-refractivity contribution in [2.45, 2.75) is 13.3 Å². The monoisotopic (exact) mass is 143 g/mol. The minimum absolute atomic E-state index is 0.185. The number of rotatable bonds is 2. The number of nitrogens with one attached hydrogen (secondary N) is 1. The molecule has 58 valence electrons. The molecule has 3 nitrogen and oxygen atoms in total. The highest BCUT2D eigenvalue weighted by molar-refractivity contribution is 5.69. The Hall–Kier alpha value is -0.570. The topological polar surface area (TPSA) is 49.3 Å². The first-order valence-electron chi connectivity index (χ1n) is 3.65. The first-order chi connectivity index (χ1) is 4.72. The van der Waals surface area contributed by atoms with Gasteiger partial charge in [-0.25, -0.2) is 0 Å². The summed E-state index contributed by atoms with van der Waals surface area (Å²) in [5.41, 5.74) is 0. The quantitative estimate of drug-likeness (QED) is 0.585. The van der Waals surface area contributed by atoms with Crippen LogP contribution in [0.4, 0.5) is 0 Å². The first-order valence-corrected chi connectivity index (χ1v) is 3.65. The van der Waals surface area contributed by atoms with Gasteiger partial charge in [-0.3, -0.25) is 4.79 Å². The molecule has 1 saturated heterocycles. The van der Waals surface area contributed by atoms with Crippen molar-refractivity contribution in [3.63, 3.8) is 0 Å². The zero-order valence-electron chi connectivity index (χ0n) is 6.13. The molecule has 2 N–H and O–H groups in total. The van der Waals surface area contributed by atoms with Gasteiger partial charge in [0.2, 0.25) is 0 Å². The van der Waals surface area contributed by atoms with E-state index in [1.165, 1.54) is 0 Å². The molecule has 2 atom stereocenters. The lowest BCUT2D eigenvalue weighted by Crippen LogP contribution is -2.22. The van der Waals surface area contributed by atoms with Gasteiger partial charge in [0.05, 0.1) is 5.92 Å². The third-order valence-electron chi connectivity index (χ3n) is 2.20. The normalized spacial score (nSPS) is 28.3. The number of hydrogen-bond donors (Lipinski definition) is 2. The standard InChI is InChI=1S/C7H13NO2/c1-5(7(9)10)6-2-3-8-4-6/h5-6,8H,2-4H2,1H3,(H,9,10)/t5-,6?/m1/s1. The van der Waals surface area contributed by atoms with Gasteiger partial charge in [0.1, 0.15) is 0 Å². The van der Waals surface area contributed by atoms with E-state index in [1.54, 1.807) is 6.92 Å². The molecule has 0 aromatic rings. The summed E-state index contributed by atoms with van der Waals surface area (Å²) in [5, 5.41) is 11.8. The number of hydrogen-bond acceptors (Lipinski definition) is 2. The Labute approximate surface area is 60.4 Å². The molecule has 0 spiro atoms. The van der Waals surface area contributed by atoms with Crippen molar-refractivity contribution >= 4 is 5.97 Å². The highest BCUT2D eigenvalue weighted by Gasteiger charge is 2.25. The van der Waals surface area contributed by atoms with E-state index in [-0.39, 0.29) is 5.92 Å². The van der Waals surface area contributed by atoms with Crippen LogP contribution in [0.25, 0.3) is 0 Å². The van der Waals surface area contributed by atoms with Gasteiger partial charge in [-0.05, 0) is 25.4 Å². The van der Waals surface area contributed by atoms with Crippen molar-refractivity contribution in [1.82, 2.24) is 5.32 Å². The van der Waals surface area contributed by atoms with Crippen LogP contribution in [0.3, 0.4) is 0 Å². The lowest BCUT2D eigenvalue weighted by Gasteiger charge is -2.11. The zero-order chi connectivity index (χ0) is 7.56. The second-order valence-corrected chi connectivity index (χ2v) is 2.88. The number of aliphatic carboxylic acids is 1. The van der Waals surface area contributed by atoms with Crippen LogP contribution in [-0.4, -0.2) is 24.2 Å². The third-order valence-corrected chi connectivity index (χ3v) is 2.20. The van der Waals surface area contributed by atoms with E-state index in [1.807, 2.05) is 0 Å². The fourth-order valence-electron chi connectivity index (χ4n) is 1.31. The minimum Gasteiger partial charge on any atom is -0.481 e. The summed E-state index contributed by atoms with van der Waals surface area (Å²) in [6, 6.07) is 0. The van der Waals surface area contributed by atoms with E-state index in [0.717, 1.165) is 19.5 Å². The average molecular weight is 143 g/mol. The SMILES string of the molecule is C[C@@H](C(=O)O)C1CCNC1. The van der Waals surface area contributed by atoms with Crippen LogP contribution in [0.1, 0.15) is 13.3 Å². The maximum absolute atomic E-state index is 10.5. The molecule has 0 bridgehead atoms. The van der Waals surface area contributed by atoms with E-state index in [9.17, 15) is 4.79 Å². The Bertz CT molecular complexity index is 130. The molecular formula is C7H13NO2. The maximum Gasteiger partial charge on any atom is 0.306 e. The Morgan fingerprint density at radius 2 is 2.50 bits per heavy atom. The van der Waals surface area contributed by atoms with Crippen LogP contribution in [0.15, 0.2) is 0 Å². The highest BCUT2D eigenvalue weighted by Crippen LogP contribution is 2.18. The van der Waals surface area contributed by atoms with E-state index < -0.39 is 5.97 Å². The largest absolute Gasteiger partial charge is 0.481 e. The Morgan fingerprint density at radius 1 is 1.80 bits per heavy atom. The van der Waals surface area contributed by atoms with Crippen LogP contribution in [0, 0.1) is 11.8 Å². The summed E-state index contributed by atoms with van der Waals surface area (Å²) in [4.78, 5) is 10.5. The zero-order valence-corrected chi connectivity index (χ0v) is 6.13. The lowest BCUT2D eigenvalue weighted by atomic mass is 9.94. The van der Waals surface area contributed by atoms with Crippen molar-refractivity contribution in [3.8, 4) is 0 Å². The minimum atomic E-state index is -0.672. The molecular weight excluding hydrogens is 130 g/mol. The van der Waals surface area contributed by atoms with E-state index in [4.69, 9.17) is 5.11 Å². The molecule has 1 rings (SSSR count). The summed E-state index contributed by atoms with van der Waals surface area (Å²) in [6.45, 7) is 3.62. The molecule has 0 aliphatic carbocycles. The fraction of sp³-hybridized carbons (Fsp3) is 0.857. The average Bonchev–Trinajstić information content (AvgIpc) is 2.36. The van der Waals surface area contributed by atoms with Crippen molar-refractivity contribution in [2.24, 2.45) is 11.8 Å². The molecule has 0 aromatic heterocycles. The molecule has 0 saturated carbocycles. The van der Waals surface area contributed by atoms with Gasteiger partial charge >= 0.3 is 5.97 Å². The van der Waals surface area contributed by atoms with Crippen molar-refractivity contribution in [1.29, 1.82) is 0 Å². The van der Waals surface area contributed by atoms with Gasteiger partial charge in [0.25, 0.3) is 0 Å². The Balaban J connectivity index is 2.39. The first kappa shape index (κ1) is 7.54. The smallest absolute Gasteiger partial charge is 0.306 e. The lowest BCUT2D eigenvalue weighted by molar-refractivity contribution is -0.142. The summed E-state index contributed by atoms with van der Waals surface area (Å²) < 4.78 is 0. The van der Waals surface area contributed by atoms with Crippen molar-refractivity contribution in [3.05, 3.63) is 0 Å². The molecule has 0 aromatic carbocycles. The maximum atomic E-state index is 10.5. The van der Waals surface area contributed by atoms with E-state index >= 15 is 0 Å². The number of carbonyl (C=O) groups is 1. The van der Waals surface area contributed by atoms with Crippen molar-refractivity contribution in [2.75, 3.05) is 13.1 Å². The summed E-state index contributed by atoms with van der Waals surface area (Å²) in [7, 11) is 0. The van der Waals surface area contributed by atoms with Crippen LogP contribution in [0.2, 0.25) is 0 Å². The number of carboxylic acids is 1. The fourth-order valence-corrected chi connectivity index (χ4v) is 1.31. The molecule has 3 heteroatoms. The van der Waals surface area contributed by atoms with Crippen LogP contribution in [-0.2, 0) is 4.79 Å². The molecule has 1 aliphatic heterocycles. The molecule has 0 amide bonds. The van der Waals surface area contributed by atoms with Crippen LogP contribution < -0.4 is 5.32 Å². The van der Waals surface area contributed by atoms with Gasteiger partial charge in [0.15, 0.2) is 0 Å². The predicted octanol–water partition coefficient (Wildman–Crippen LogP) is 0.317. The highest BCUT2D eigenvalue weighted by atomic mass is 16.4. The van der Waals surface area contributed by atoms with Gasteiger partial charge in [-0.1, -0.05) is 6.92 Å². The van der Waals surface area contributed by atoms with E-state index in [2.05, 4.69) is 5.32 Å². The molecule has 0 radical (unpaired) electrons. The second kappa shape index (κ2) is 3.01. The Kier molecular flexibility index (Phi) is 2.27. The van der Waals surface area contributed by atoms with E-state index in [0.29, 0.717) is 5.92 Å². The van der Waals surface area contributed by atoms with Crippen LogP contribution in [0.5, 0.6) is 0 Å². The molecule has 10 heavy (non-hydrogen) atoms. The molecule has 1 aliphatic rings. The van der Waals surface area contributed by atoms with Crippen molar-refractivity contribution < 1.29 is 9.90 Å². The van der Waals surface area contributed by atoms with Gasteiger partial charge in [-0.15, -0.1) is 0 Å². The molecule has 1 fully saturated rings. The Morgan fingerprint density at radius 3 is 2.90 bits per heavy atom. The molecule has 1 unspecified atom stereocenters. The van der Waals surface area contributed by atoms with Crippen LogP contribution >= 0.6 is 0 Å². The predicted molar refractivity (Wildman–Crippen MR) is 37.8 cm³/mol. The second-order valence-electron chi connectivity index (χ2n) is 2.88. The third kappa shape index (κ3) is 1.48. The van der Waals surface area contributed by atoms with Gasteiger partial charge in [-0.2, -0.15) is 0 Å².